The van der Waals surface area contributed by atoms with Gasteiger partial charge in [-0.1, -0.05) is 6.07 Å². The first kappa shape index (κ1) is 11.9. The van der Waals surface area contributed by atoms with Gasteiger partial charge in [0.2, 0.25) is 0 Å². The molecule has 0 bridgehead atoms. The first-order valence-corrected chi connectivity index (χ1v) is 5.77. The molecule has 0 spiro atoms. The minimum absolute atomic E-state index is 0.747. The van der Waals surface area contributed by atoms with Gasteiger partial charge in [-0.25, -0.2) is 4.98 Å². The number of hydrogen-bond donors (Lipinski definition) is 2. The standard InChI is InChI=1S/C12H18N4O/c1-17-10-8-13-5-6-14-11-3-2-4-12-15-7-9-16(11)12/h2-4,7,9,13-14H,5-6,8,10H2,1H3. The third-order valence-corrected chi connectivity index (χ3v) is 2.52. The first-order chi connectivity index (χ1) is 8.42. The van der Waals surface area contributed by atoms with Gasteiger partial charge in [0.25, 0.3) is 0 Å². The fourth-order valence-corrected chi connectivity index (χ4v) is 1.67. The highest BCUT2D eigenvalue weighted by atomic mass is 16.5. The van der Waals surface area contributed by atoms with Crippen molar-refractivity contribution in [1.29, 1.82) is 0 Å². The molecule has 0 amide bonds. The van der Waals surface area contributed by atoms with Gasteiger partial charge in [0.15, 0.2) is 0 Å². The number of rotatable bonds is 7. The van der Waals surface area contributed by atoms with Gasteiger partial charge in [-0.15, -0.1) is 0 Å². The molecule has 5 heteroatoms. The summed E-state index contributed by atoms with van der Waals surface area (Å²) in [6, 6.07) is 6.04. The van der Waals surface area contributed by atoms with Crippen molar-refractivity contribution in [3.05, 3.63) is 30.6 Å². The second kappa shape index (κ2) is 6.22. The van der Waals surface area contributed by atoms with E-state index in [2.05, 4.69) is 15.6 Å². The minimum Gasteiger partial charge on any atom is -0.383 e. The molecule has 0 fully saturated rings. The van der Waals surface area contributed by atoms with E-state index in [4.69, 9.17) is 4.74 Å². The third kappa shape index (κ3) is 3.18. The van der Waals surface area contributed by atoms with E-state index < -0.39 is 0 Å². The average molecular weight is 234 g/mol. The highest BCUT2D eigenvalue weighted by Crippen LogP contribution is 2.09. The summed E-state index contributed by atoms with van der Waals surface area (Å²) >= 11 is 0. The van der Waals surface area contributed by atoms with E-state index >= 15 is 0 Å². The van der Waals surface area contributed by atoms with E-state index in [1.807, 2.05) is 28.8 Å². The Morgan fingerprint density at radius 2 is 2.24 bits per heavy atom. The summed E-state index contributed by atoms with van der Waals surface area (Å²) in [6.07, 6.45) is 3.76. The van der Waals surface area contributed by atoms with Crippen molar-refractivity contribution in [2.75, 3.05) is 38.7 Å². The van der Waals surface area contributed by atoms with Gasteiger partial charge in [0, 0.05) is 39.1 Å². The van der Waals surface area contributed by atoms with Gasteiger partial charge >= 0.3 is 0 Å². The van der Waals surface area contributed by atoms with Crippen LogP contribution in [0.15, 0.2) is 30.6 Å². The summed E-state index contributed by atoms with van der Waals surface area (Å²) in [5, 5.41) is 6.66. The summed E-state index contributed by atoms with van der Waals surface area (Å²) in [5.74, 6) is 1.06. The fraction of sp³-hybridized carbons (Fsp3) is 0.417. The number of fused-ring (bicyclic) bond motifs is 1. The van der Waals surface area contributed by atoms with Crippen molar-refractivity contribution < 1.29 is 4.74 Å². The van der Waals surface area contributed by atoms with E-state index in [1.165, 1.54) is 0 Å². The number of ether oxygens (including phenoxy) is 1. The second-order valence-corrected chi connectivity index (χ2v) is 3.74. The van der Waals surface area contributed by atoms with Gasteiger partial charge in [-0.05, 0) is 12.1 Å². The predicted octanol–water partition coefficient (Wildman–Crippen LogP) is 0.982. The summed E-state index contributed by atoms with van der Waals surface area (Å²) in [7, 11) is 1.71. The molecule has 2 aromatic rings. The molecule has 0 saturated heterocycles. The lowest BCUT2D eigenvalue weighted by Crippen LogP contribution is -2.25. The van der Waals surface area contributed by atoms with Gasteiger partial charge in [-0.2, -0.15) is 0 Å². The molecule has 5 nitrogen and oxygen atoms in total. The lowest BCUT2D eigenvalue weighted by Gasteiger charge is -2.09. The summed E-state index contributed by atoms with van der Waals surface area (Å²) in [4.78, 5) is 4.24. The van der Waals surface area contributed by atoms with Gasteiger partial charge in [-0.3, -0.25) is 4.40 Å². The van der Waals surface area contributed by atoms with Crippen molar-refractivity contribution >= 4 is 11.5 Å². The molecule has 0 saturated carbocycles. The number of nitrogens with zero attached hydrogens (tertiary/aromatic N) is 2. The Balaban J connectivity index is 1.80. The minimum atomic E-state index is 0.747. The highest BCUT2D eigenvalue weighted by molar-refractivity contribution is 5.49. The Morgan fingerprint density at radius 3 is 3.12 bits per heavy atom. The molecule has 0 aliphatic heterocycles. The van der Waals surface area contributed by atoms with Crippen LogP contribution in [0.3, 0.4) is 0 Å². The largest absolute Gasteiger partial charge is 0.383 e. The van der Waals surface area contributed by atoms with Crippen LogP contribution in [-0.2, 0) is 4.74 Å². The second-order valence-electron chi connectivity index (χ2n) is 3.74. The number of hydrogen-bond acceptors (Lipinski definition) is 4. The molecule has 2 aromatic heterocycles. The molecule has 0 aliphatic carbocycles. The zero-order valence-electron chi connectivity index (χ0n) is 10.0. The number of aromatic nitrogens is 2. The number of methoxy groups -OCH3 is 1. The van der Waals surface area contributed by atoms with Gasteiger partial charge in [0.05, 0.1) is 6.61 Å². The number of nitrogens with one attached hydrogen (secondary N) is 2. The molecule has 0 aromatic carbocycles. The van der Waals surface area contributed by atoms with Crippen LogP contribution in [-0.4, -0.2) is 42.7 Å². The van der Waals surface area contributed by atoms with Crippen LogP contribution in [0.1, 0.15) is 0 Å². The quantitative estimate of drug-likeness (QED) is 0.701. The fourth-order valence-electron chi connectivity index (χ4n) is 1.67. The maximum absolute atomic E-state index is 4.96. The Morgan fingerprint density at radius 1 is 1.29 bits per heavy atom. The van der Waals surface area contributed by atoms with Crippen molar-refractivity contribution in [3.8, 4) is 0 Å². The van der Waals surface area contributed by atoms with E-state index in [1.54, 1.807) is 13.3 Å². The molecule has 0 atom stereocenters. The maximum Gasteiger partial charge on any atom is 0.138 e. The monoisotopic (exact) mass is 234 g/mol. The normalized spacial score (nSPS) is 10.9. The first-order valence-electron chi connectivity index (χ1n) is 5.77. The number of anilines is 1. The predicted molar refractivity (Wildman–Crippen MR) is 68.4 cm³/mol. The smallest absolute Gasteiger partial charge is 0.138 e. The average Bonchev–Trinajstić information content (AvgIpc) is 2.82. The van der Waals surface area contributed by atoms with Crippen LogP contribution >= 0.6 is 0 Å². The molecule has 0 radical (unpaired) electrons. The van der Waals surface area contributed by atoms with E-state index in [9.17, 15) is 0 Å². The zero-order valence-corrected chi connectivity index (χ0v) is 10.0. The Hall–Kier alpha value is -1.59. The van der Waals surface area contributed by atoms with Crippen LogP contribution in [0.4, 0.5) is 5.82 Å². The van der Waals surface area contributed by atoms with Crippen LogP contribution in [0.5, 0.6) is 0 Å². The van der Waals surface area contributed by atoms with Crippen molar-refractivity contribution in [2.24, 2.45) is 0 Å². The SMILES string of the molecule is COCCNCCNc1cccc2nccn12. The Kier molecular flexibility index (Phi) is 4.35. The Bertz CT molecular complexity index is 454. The topological polar surface area (TPSA) is 50.6 Å². The highest BCUT2D eigenvalue weighted by Gasteiger charge is 1.98. The molecular formula is C12H18N4O. The summed E-state index contributed by atoms with van der Waals surface area (Å²) in [6.45, 7) is 3.42. The lowest BCUT2D eigenvalue weighted by molar-refractivity contribution is 0.200. The molecule has 2 N–H and O–H groups in total. The maximum atomic E-state index is 4.96. The summed E-state index contributed by atoms with van der Waals surface area (Å²) < 4.78 is 7.00. The third-order valence-electron chi connectivity index (χ3n) is 2.52. The Labute approximate surface area is 101 Å². The van der Waals surface area contributed by atoms with Crippen LogP contribution in [0.2, 0.25) is 0 Å². The number of imidazole rings is 1. The molecule has 2 heterocycles. The van der Waals surface area contributed by atoms with Crippen LogP contribution in [0, 0.1) is 0 Å². The molecule has 2 rings (SSSR count). The van der Waals surface area contributed by atoms with E-state index in [0.29, 0.717) is 0 Å². The molecule has 0 aliphatic rings. The zero-order chi connectivity index (χ0) is 11.9. The van der Waals surface area contributed by atoms with Gasteiger partial charge < -0.3 is 15.4 Å². The van der Waals surface area contributed by atoms with Crippen molar-refractivity contribution in [1.82, 2.24) is 14.7 Å². The van der Waals surface area contributed by atoms with Crippen LogP contribution < -0.4 is 10.6 Å². The van der Waals surface area contributed by atoms with E-state index in [-0.39, 0.29) is 0 Å². The molecule has 0 unspecified atom stereocenters. The van der Waals surface area contributed by atoms with E-state index in [0.717, 1.165) is 37.7 Å². The summed E-state index contributed by atoms with van der Waals surface area (Å²) in [5.41, 5.74) is 0.961. The van der Waals surface area contributed by atoms with Crippen molar-refractivity contribution in [3.63, 3.8) is 0 Å². The molecular weight excluding hydrogens is 216 g/mol. The van der Waals surface area contributed by atoms with Crippen LogP contribution in [0.25, 0.3) is 5.65 Å². The lowest BCUT2D eigenvalue weighted by atomic mass is 10.4. The van der Waals surface area contributed by atoms with Gasteiger partial charge in [0.1, 0.15) is 11.5 Å². The number of pyridine rings is 1. The molecule has 17 heavy (non-hydrogen) atoms. The molecule has 92 valence electrons. The van der Waals surface area contributed by atoms with Crippen molar-refractivity contribution in [2.45, 2.75) is 0 Å².